The van der Waals surface area contributed by atoms with Gasteiger partial charge in [0.1, 0.15) is 16.8 Å². The molecule has 7 nitrogen and oxygen atoms in total. The van der Waals surface area contributed by atoms with E-state index in [2.05, 4.69) is 10.0 Å². The number of sulfonamides is 1. The maximum atomic E-state index is 13.9. The Labute approximate surface area is 169 Å². The van der Waals surface area contributed by atoms with Gasteiger partial charge in [-0.3, -0.25) is 9.59 Å². The van der Waals surface area contributed by atoms with Crippen LogP contribution in [0.5, 0.6) is 0 Å². The molecule has 0 aliphatic carbocycles. The van der Waals surface area contributed by atoms with E-state index in [1.165, 1.54) is 36.9 Å². The topological polar surface area (TPSA) is 95.6 Å². The first-order valence-corrected chi connectivity index (χ1v) is 11.9. The third-order valence-electron chi connectivity index (χ3n) is 4.64. The number of rotatable bonds is 8. The Morgan fingerprint density at radius 1 is 1.29 bits per heavy atom. The Hall–Kier alpha value is -1.65. The van der Waals surface area contributed by atoms with E-state index >= 15 is 0 Å². The predicted octanol–water partition coefficient (Wildman–Crippen LogP) is 1.35. The molecule has 1 aromatic carbocycles. The van der Waals surface area contributed by atoms with Crippen molar-refractivity contribution < 1.29 is 22.4 Å². The smallest absolute Gasteiger partial charge is 0.244 e. The van der Waals surface area contributed by atoms with Crippen LogP contribution in [0.25, 0.3) is 0 Å². The summed E-state index contributed by atoms with van der Waals surface area (Å²) in [4.78, 5) is 25.3. The lowest BCUT2D eigenvalue weighted by molar-refractivity contribution is -0.130. The monoisotopic (exact) mass is 431 g/mol. The highest BCUT2D eigenvalue weighted by Gasteiger charge is 2.29. The molecule has 10 heteroatoms. The van der Waals surface area contributed by atoms with Crippen molar-refractivity contribution in [2.24, 2.45) is 0 Å². The van der Waals surface area contributed by atoms with Crippen molar-refractivity contribution in [3.8, 4) is 0 Å². The number of likely N-dealkylation sites (tertiary alicyclic amines) is 1. The minimum atomic E-state index is -4.17. The van der Waals surface area contributed by atoms with Crippen LogP contribution in [0.15, 0.2) is 29.2 Å². The molecule has 0 spiro atoms. The van der Waals surface area contributed by atoms with Gasteiger partial charge in [-0.2, -0.15) is 16.5 Å². The number of hydrogen-bond donors (Lipinski definition) is 2. The third-order valence-corrected chi connectivity index (χ3v) is 6.79. The summed E-state index contributed by atoms with van der Waals surface area (Å²) in [6.07, 6.45) is 3.37. The van der Waals surface area contributed by atoms with Gasteiger partial charge in [0.25, 0.3) is 0 Å². The van der Waals surface area contributed by atoms with Crippen molar-refractivity contribution in [1.82, 2.24) is 14.9 Å². The number of benzene rings is 1. The number of nitrogens with one attached hydrogen (secondary N) is 2. The number of thioether (sulfide) groups is 1. The summed E-state index contributed by atoms with van der Waals surface area (Å²) in [6.45, 7) is 2.61. The molecule has 1 aliphatic heterocycles. The molecular formula is C18H26FN3O4S2. The average molecular weight is 432 g/mol. The lowest BCUT2D eigenvalue weighted by atomic mass is 10.0. The van der Waals surface area contributed by atoms with Crippen LogP contribution in [0, 0.1) is 5.82 Å². The first kappa shape index (κ1) is 22.6. The Morgan fingerprint density at radius 3 is 2.50 bits per heavy atom. The second-order valence-electron chi connectivity index (χ2n) is 6.67. The van der Waals surface area contributed by atoms with E-state index < -0.39 is 32.7 Å². The van der Waals surface area contributed by atoms with Crippen molar-refractivity contribution in [1.29, 1.82) is 0 Å². The Kier molecular flexibility index (Phi) is 8.26. The summed E-state index contributed by atoms with van der Waals surface area (Å²) in [5.41, 5.74) is 0. The highest BCUT2D eigenvalue weighted by molar-refractivity contribution is 7.98. The van der Waals surface area contributed by atoms with Gasteiger partial charge in [0.05, 0.1) is 0 Å². The molecule has 28 heavy (non-hydrogen) atoms. The number of carbonyl (C=O) groups excluding carboxylic acids is 2. The van der Waals surface area contributed by atoms with Gasteiger partial charge >= 0.3 is 0 Å². The zero-order valence-electron chi connectivity index (χ0n) is 16.0. The van der Waals surface area contributed by atoms with Gasteiger partial charge in [0.15, 0.2) is 0 Å². The zero-order chi connectivity index (χ0) is 20.7. The number of amides is 2. The molecular weight excluding hydrogens is 405 g/mol. The zero-order valence-corrected chi connectivity index (χ0v) is 17.6. The molecule has 0 aromatic heterocycles. The van der Waals surface area contributed by atoms with Crippen molar-refractivity contribution >= 4 is 33.6 Å². The first-order chi connectivity index (χ1) is 13.2. The van der Waals surface area contributed by atoms with Gasteiger partial charge < -0.3 is 10.2 Å². The Bertz CT molecular complexity index is 796. The highest BCUT2D eigenvalue weighted by Crippen LogP contribution is 2.16. The van der Waals surface area contributed by atoms with Gasteiger partial charge in [-0.1, -0.05) is 12.1 Å². The second-order valence-corrected chi connectivity index (χ2v) is 9.34. The van der Waals surface area contributed by atoms with Gasteiger partial charge in [0, 0.05) is 26.1 Å². The normalized spacial score (nSPS) is 16.6. The van der Waals surface area contributed by atoms with Crippen molar-refractivity contribution in [3.05, 3.63) is 30.1 Å². The predicted molar refractivity (Wildman–Crippen MR) is 107 cm³/mol. The van der Waals surface area contributed by atoms with Crippen LogP contribution in [-0.2, 0) is 19.6 Å². The molecule has 1 fully saturated rings. The van der Waals surface area contributed by atoms with E-state index in [0.717, 1.165) is 6.07 Å². The van der Waals surface area contributed by atoms with Crippen LogP contribution in [0.3, 0.4) is 0 Å². The average Bonchev–Trinajstić information content (AvgIpc) is 2.65. The lowest BCUT2D eigenvalue weighted by Gasteiger charge is -2.32. The molecule has 2 N–H and O–H groups in total. The maximum Gasteiger partial charge on any atom is 0.244 e. The van der Waals surface area contributed by atoms with E-state index in [4.69, 9.17) is 0 Å². The number of hydrogen-bond acceptors (Lipinski definition) is 5. The largest absolute Gasteiger partial charge is 0.352 e. The fourth-order valence-corrected chi connectivity index (χ4v) is 4.81. The summed E-state index contributed by atoms with van der Waals surface area (Å²) in [6, 6.07) is 3.94. The van der Waals surface area contributed by atoms with Crippen LogP contribution >= 0.6 is 11.8 Å². The molecule has 0 radical (unpaired) electrons. The van der Waals surface area contributed by atoms with Gasteiger partial charge in [0.2, 0.25) is 21.8 Å². The fraction of sp³-hybridized carbons (Fsp3) is 0.556. The molecule has 1 heterocycles. The second kappa shape index (κ2) is 10.2. The number of nitrogens with zero attached hydrogens (tertiary/aromatic N) is 1. The van der Waals surface area contributed by atoms with Gasteiger partial charge in [-0.25, -0.2) is 12.8 Å². The SMILES string of the molecule is CSCCC(NS(=O)(=O)c1ccccc1F)C(=O)NC1CCN(C(C)=O)CC1. The van der Waals surface area contributed by atoms with Crippen LogP contribution in [0.4, 0.5) is 4.39 Å². The number of halogens is 1. The molecule has 1 atom stereocenters. The van der Waals surface area contributed by atoms with Crippen LogP contribution < -0.4 is 10.0 Å². The van der Waals surface area contributed by atoms with E-state index in [9.17, 15) is 22.4 Å². The van der Waals surface area contributed by atoms with E-state index in [-0.39, 0.29) is 18.4 Å². The quantitative estimate of drug-likeness (QED) is 0.648. The Balaban J connectivity index is 2.05. The van der Waals surface area contributed by atoms with Crippen molar-refractivity contribution in [2.75, 3.05) is 25.1 Å². The maximum absolute atomic E-state index is 13.9. The number of piperidine rings is 1. The molecule has 156 valence electrons. The molecule has 2 rings (SSSR count). The summed E-state index contributed by atoms with van der Waals surface area (Å²) >= 11 is 1.49. The minimum absolute atomic E-state index is 0.000251. The molecule has 1 saturated heterocycles. The van der Waals surface area contributed by atoms with Crippen molar-refractivity contribution in [2.45, 2.75) is 43.2 Å². The standard InChI is InChI=1S/C18H26FN3O4S2/c1-13(23)22-10-7-14(8-11-22)20-18(24)16(9-12-27-2)21-28(25,26)17-6-4-3-5-15(17)19/h3-6,14,16,21H,7-12H2,1-2H3,(H,20,24). The minimum Gasteiger partial charge on any atom is -0.352 e. The molecule has 1 unspecified atom stereocenters. The van der Waals surface area contributed by atoms with Gasteiger partial charge in [-0.15, -0.1) is 0 Å². The number of carbonyl (C=O) groups is 2. The summed E-state index contributed by atoms with van der Waals surface area (Å²) < 4.78 is 41.4. The molecule has 2 amide bonds. The van der Waals surface area contributed by atoms with Crippen LogP contribution in [0.1, 0.15) is 26.2 Å². The summed E-state index contributed by atoms with van der Waals surface area (Å²) in [5, 5.41) is 2.87. The van der Waals surface area contributed by atoms with E-state index in [0.29, 0.717) is 31.7 Å². The molecule has 1 aliphatic rings. The van der Waals surface area contributed by atoms with E-state index in [1.54, 1.807) is 4.90 Å². The van der Waals surface area contributed by atoms with Crippen LogP contribution in [-0.4, -0.2) is 62.3 Å². The first-order valence-electron chi connectivity index (χ1n) is 9.06. The highest BCUT2D eigenvalue weighted by atomic mass is 32.2. The Morgan fingerprint density at radius 2 is 1.93 bits per heavy atom. The summed E-state index contributed by atoms with van der Waals surface area (Å²) in [7, 11) is -4.17. The fourth-order valence-electron chi connectivity index (χ4n) is 3.03. The lowest BCUT2D eigenvalue weighted by Crippen LogP contribution is -2.52. The third kappa shape index (κ3) is 6.18. The van der Waals surface area contributed by atoms with E-state index in [1.807, 2.05) is 6.26 Å². The van der Waals surface area contributed by atoms with Gasteiger partial charge in [-0.05, 0) is 43.4 Å². The molecule has 0 bridgehead atoms. The van der Waals surface area contributed by atoms with Crippen LogP contribution in [0.2, 0.25) is 0 Å². The molecule has 0 saturated carbocycles. The van der Waals surface area contributed by atoms with Crippen molar-refractivity contribution in [3.63, 3.8) is 0 Å². The molecule has 1 aromatic rings. The summed E-state index contributed by atoms with van der Waals surface area (Å²) in [5.74, 6) is -0.730.